The first kappa shape index (κ1) is 28.4. The van der Waals surface area contributed by atoms with Crippen molar-refractivity contribution in [2.45, 2.75) is 18.5 Å². The third-order valence-corrected chi connectivity index (χ3v) is 8.55. The van der Waals surface area contributed by atoms with E-state index in [1.807, 2.05) is 24.3 Å². The Labute approximate surface area is 256 Å². The molecule has 1 amide bonds. The Morgan fingerprint density at radius 2 is 1.67 bits per heavy atom. The Morgan fingerprint density at radius 1 is 0.978 bits per heavy atom. The summed E-state index contributed by atoms with van der Waals surface area (Å²) in [5.41, 5.74) is 3.15. The predicted octanol–water partition coefficient (Wildman–Crippen LogP) is 3.63. The first-order valence-corrected chi connectivity index (χ1v) is 14.2. The number of nitrogens with one attached hydrogen (secondary N) is 1. The molecule has 232 valence electrons. The van der Waals surface area contributed by atoms with Gasteiger partial charge in [0, 0.05) is 11.8 Å². The minimum absolute atomic E-state index is 0.0517. The third-order valence-electron chi connectivity index (χ3n) is 8.55. The normalized spacial score (nSPS) is 21.0. The number of esters is 1. The van der Waals surface area contributed by atoms with Crippen LogP contribution >= 0.6 is 0 Å². The summed E-state index contributed by atoms with van der Waals surface area (Å²) in [6, 6.07) is 12.7. The number of benzene rings is 3. The van der Waals surface area contributed by atoms with Gasteiger partial charge in [-0.25, -0.2) is 9.07 Å². The smallest absolute Gasteiger partial charge is 0.310 e. The first-order valence-electron chi connectivity index (χ1n) is 14.2. The number of ether oxygens (including phenoxy) is 6. The van der Waals surface area contributed by atoms with E-state index in [9.17, 15) is 14.0 Å². The Hall–Kier alpha value is -5.33. The number of fused-ring (bicyclic) bond motifs is 3. The number of carbonyl (C=O) groups excluding carboxylic acids is 2. The molecule has 0 bridgehead atoms. The Balaban J connectivity index is 1.27. The molecule has 7 rings (SSSR count). The molecule has 0 spiro atoms. The molecule has 0 radical (unpaired) electrons. The Kier molecular flexibility index (Phi) is 7.15. The SMILES string of the molecule is COc1cc([C@@H]2c3cc4c(cc3[C@@H](NC(=O)c3cn(Cc5ccc(F)cc5)nn3)[C@H]3COC(=O)[C@H]23)OCO4)cc(OC)c1OC. The number of carbonyl (C=O) groups is 2. The van der Waals surface area contributed by atoms with Gasteiger partial charge in [0.15, 0.2) is 28.7 Å². The van der Waals surface area contributed by atoms with Crippen molar-refractivity contribution in [2.75, 3.05) is 34.7 Å². The number of halogens is 1. The fourth-order valence-electron chi connectivity index (χ4n) is 6.50. The van der Waals surface area contributed by atoms with Gasteiger partial charge in [-0.1, -0.05) is 17.3 Å². The van der Waals surface area contributed by atoms with Crippen molar-refractivity contribution in [1.82, 2.24) is 20.3 Å². The quantitative estimate of drug-likeness (QED) is 0.293. The molecule has 0 saturated carbocycles. The molecule has 3 aromatic carbocycles. The number of amides is 1. The van der Waals surface area contributed by atoms with Crippen LogP contribution in [0.15, 0.2) is 54.7 Å². The lowest BCUT2D eigenvalue weighted by molar-refractivity contribution is -0.141. The standard InChI is InChI=1S/C32H29FN4O8/c1-40-25-8-17(9-26(41-2)30(25)42-3)27-19-10-23-24(45-15-44-23)11-20(19)29(21-14-43-32(39)28(21)27)34-31(38)22-13-37(36-35-22)12-16-4-6-18(33)7-5-16/h4-11,13,21,27-29H,12,14-15H2,1-3H3,(H,34,38)/t21-,27+,28-,29+/m0/s1. The zero-order valence-corrected chi connectivity index (χ0v) is 24.6. The number of cyclic esters (lactones) is 1. The summed E-state index contributed by atoms with van der Waals surface area (Å²) >= 11 is 0. The van der Waals surface area contributed by atoms with E-state index >= 15 is 0 Å². The Bertz CT molecular complexity index is 1770. The van der Waals surface area contributed by atoms with Crippen LogP contribution in [0.1, 0.15) is 44.7 Å². The number of hydrogen-bond donors (Lipinski definition) is 1. The number of nitrogens with zero attached hydrogens (tertiary/aromatic N) is 3. The second kappa shape index (κ2) is 11.3. The average molecular weight is 617 g/mol. The van der Waals surface area contributed by atoms with E-state index in [0.717, 1.165) is 22.3 Å². The van der Waals surface area contributed by atoms with Crippen molar-refractivity contribution in [3.8, 4) is 28.7 Å². The molecule has 4 atom stereocenters. The number of aromatic nitrogens is 3. The summed E-state index contributed by atoms with van der Waals surface area (Å²) < 4.78 is 48.7. The van der Waals surface area contributed by atoms with Gasteiger partial charge in [-0.2, -0.15) is 0 Å². The van der Waals surface area contributed by atoms with Crippen molar-refractivity contribution in [3.05, 3.63) is 88.5 Å². The average Bonchev–Trinajstić information content (AvgIpc) is 3.81. The molecule has 0 unspecified atom stereocenters. The van der Waals surface area contributed by atoms with Crippen LogP contribution in [0.5, 0.6) is 28.7 Å². The van der Waals surface area contributed by atoms with Crippen LogP contribution in [0.3, 0.4) is 0 Å². The maximum atomic E-state index is 13.6. The predicted molar refractivity (Wildman–Crippen MR) is 154 cm³/mol. The zero-order chi connectivity index (χ0) is 31.2. The van der Waals surface area contributed by atoms with E-state index in [1.165, 1.54) is 44.3 Å². The topological polar surface area (TPSA) is 132 Å². The summed E-state index contributed by atoms with van der Waals surface area (Å²) in [5.74, 6) is -0.393. The van der Waals surface area contributed by atoms with Crippen molar-refractivity contribution >= 4 is 11.9 Å². The van der Waals surface area contributed by atoms with Crippen molar-refractivity contribution in [3.63, 3.8) is 0 Å². The highest BCUT2D eigenvalue weighted by Gasteiger charge is 2.53. The minimum atomic E-state index is -0.653. The highest BCUT2D eigenvalue weighted by atomic mass is 19.1. The summed E-state index contributed by atoms with van der Waals surface area (Å²) in [4.78, 5) is 27.1. The maximum Gasteiger partial charge on any atom is 0.310 e. The van der Waals surface area contributed by atoms with Gasteiger partial charge in [0.2, 0.25) is 12.5 Å². The van der Waals surface area contributed by atoms with Gasteiger partial charge in [0.25, 0.3) is 5.91 Å². The van der Waals surface area contributed by atoms with Gasteiger partial charge in [-0.15, -0.1) is 5.10 Å². The van der Waals surface area contributed by atoms with Crippen LogP contribution in [0.4, 0.5) is 4.39 Å². The highest BCUT2D eigenvalue weighted by Crippen LogP contribution is 2.55. The van der Waals surface area contributed by atoms with Gasteiger partial charge in [0.1, 0.15) is 5.82 Å². The molecule has 3 heterocycles. The Morgan fingerprint density at radius 3 is 2.33 bits per heavy atom. The number of methoxy groups -OCH3 is 3. The molecule has 45 heavy (non-hydrogen) atoms. The van der Waals surface area contributed by atoms with Gasteiger partial charge in [0.05, 0.1) is 52.6 Å². The summed E-state index contributed by atoms with van der Waals surface area (Å²) in [7, 11) is 4.58. The largest absolute Gasteiger partial charge is 0.493 e. The third kappa shape index (κ3) is 4.93. The zero-order valence-electron chi connectivity index (χ0n) is 24.6. The van der Waals surface area contributed by atoms with E-state index in [4.69, 9.17) is 28.4 Å². The van der Waals surface area contributed by atoms with Crippen LogP contribution in [-0.2, 0) is 16.1 Å². The summed E-state index contributed by atoms with van der Waals surface area (Å²) in [6.07, 6.45) is 1.52. The number of hydrogen-bond acceptors (Lipinski definition) is 10. The van der Waals surface area contributed by atoms with Crippen LogP contribution in [-0.4, -0.2) is 61.6 Å². The lowest BCUT2D eigenvalue weighted by Crippen LogP contribution is -2.43. The monoisotopic (exact) mass is 616 g/mol. The fourth-order valence-corrected chi connectivity index (χ4v) is 6.50. The number of rotatable bonds is 8. The minimum Gasteiger partial charge on any atom is -0.493 e. The van der Waals surface area contributed by atoms with Crippen LogP contribution in [0.25, 0.3) is 0 Å². The molecular weight excluding hydrogens is 587 g/mol. The molecule has 1 aromatic heterocycles. The lowest BCUT2D eigenvalue weighted by atomic mass is 9.65. The molecule has 13 heteroatoms. The van der Waals surface area contributed by atoms with Gasteiger partial charge < -0.3 is 33.7 Å². The van der Waals surface area contributed by atoms with E-state index in [0.29, 0.717) is 35.3 Å². The first-order chi connectivity index (χ1) is 21.9. The molecule has 12 nitrogen and oxygen atoms in total. The van der Waals surface area contributed by atoms with Gasteiger partial charge in [-0.05, 0) is 58.7 Å². The molecule has 1 saturated heterocycles. The lowest BCUT2D eigenvalue weighted by Gasteiger charge is -2.39. The molecule has 1 aliphatic carbocycles. The summed E-state index contributed by atoms with van der Waals surface area (Å²) in [5, 5.41) is 11.2. The van der Waals surface area contributed by atoms with E-state index in [-0.39, 0.29) is 30.9 Å². The van der Waals surface area contributed by atoms with Crippen molar-refractivity contribution in [2.24, 2.45) is 11.8 Å². The maximum absolute atomic E-state index is 13.6. The van der Waals surface area contributed by atoms with E-state index in [1.54, 1.807) is 12.1 Å². The molecule has 2 aliphatic heterocycles. The van der Waals surface area contributed by atoms with Crippen molar-refractivity contribution < 1.29 is 42.4 Å². The summed E-state index contributed by atoms with van der Waals surface area (Å²) in [6.45, 7) is 0.455. The highest BCUT2D eigenvalue weighted by molar-refractivity contribution is 5.92. The molecule has 1 fully saturated rings. The molecular formula is C32H29FN4O8. The van der Waals surface area contributed by atoms with Crippen LogP contribution in [0.2, 0.25) is 0 Å². The van der Waals surface area contributed by atoms with E-state index < -0.39 is 29.7 Å². The van der Waals surface area contributed by atoms with E-state index in [2.05, 4.69) is 15.6 Å². The van der Waals surface area contributed by atoms with Crippen LogP contribution < -0.4 is 29.0 Å². The molecule has 4 aromatic rings. The van der Waals surface area contributed by atoms with Gasteiger partial charge in [-0.3, -0.25) is 9.59 Å². The second-order valence-corrected chi connectivity index (χ2v) is 11.0. The second-order valence-electron chi connectivity index (χ2n) is 11.0. The molecule has 3 aliphatic rings. The van der Waals surface area contributed by atoms with Gasteiger partial charge >= 0.3 is 5.97 Å². The molecule has 1 N–H and O–H groups in total. The fraction of sp³-hybridized carbons (Fsp3) is 0.312. The van der Waals surface area contributed by atoms with Crippen molar-refractivity contribution in [1.29, 1.82) is 0 Å². The van der Waals surface area contributed by atoms with Crippen LogP contribution in [0, 0.1) is 17.7 Å².